The molecule has 0 aromatic carbocycles. The van der Waals surface area contributed by atoms with Gasteiger partial charge >= 0.3 is 29.6 Å². The van der Waals surface area contributed by atoms with Crippen molar-refractivity contribution in [1.29, 1.82) is 0 Å². The van der Waals surface area contributed by atoms with E-state index in [0.29, 0.717) is 0 Å². The van der Waals surface area contributed by atoms with Gasteiger partial charge in [-0.05, 0) is 12.5 Å². The minimum absolute atomic E-state index is 0. The average molecular weight is 152 g/mol. The molecule has 0 aromatic rings. The van der Waals surface area contributed by atoms with E-state index in [0.717, 1.165) is 6.26 Å². The molecule has 0 aliphatic rings. The molecule has 0 heterocycles. The summed E-state index contributed by atoms with van der Waals surface area (Å²) in [7, 11) is 0. The number of hydrogen-bond donors (Lipinski definition) is 1. The normalized spacial score (nSPS) is 5.70. The molecule has 0 unspecified atom stereocenters. The number of hydrogen-bond acceptors (Lipinski definition) is 3. The standard InChI is InChI=1S/C4H6O2.C2H4O.Na/c1-3(2)4(5)6;1-2-3;/h1H2,2H3,(H,5,6);2-3H,1H2;/q;;+1/p-1. The van der Waals surface area contributed by atoms with Crippen LogP contribution in [0.25, 0.3) is 0 Å². The molecule has 0 saturated carbocycles. The number of aliphatic hydroxyl groups excluding tert-OH is 1. The number of rotatable bonds is 1. The van der Waals surface area contributed by atoms with Crippen molar-refractivity contribution in [3.63, 3.8) is 0 Å². The van der Waals surface area contributed by atoms with Gasteiger partial charge in [-0.2, -0.15) is 0 Å². The maximum atomic E-state index is 9.49. The Morgan fingerprint density at radius 2 is 1.80 bits per heavy atom. The van der Waals surface area contributed by atoms with Gasteiger partial charge in [-0.1, -0.05) is 13.2 Å². The first-order chi connectivity index (χ1) is 4.06. The molecule has 4 heteroatoms. The summed E-state index contributed by atoms with van der Waals surface area (Å²) >= 11 is 0. The molecule has 0 fully saturated rings. The Morgan fingerprint density at radius 1 is 1.70 bits per heavy atom. The summed E-state index contributed by atoms with van der Waals surface area (Å²) in [5.74, 6) is -1.19. The number of aliphatic hydroxyl groups is 1. The van der Waals surface area contributed by atoms with E-state index in [2.05, 4.69) is 13.2 Å². The van der Waals surface area contributed by atoms with Gasteiger partial charge in [0.1, 0.15) is 0 Å². The summed E-state index contributed by atoms with van der Waals surface area (Å²) < 4.78 is 0. The average Bonchev–Trinajstić information content (AvgIpc) is 1.68. The minimum atomic E-state index is -1.19. The van der Waals surface area contributed by atoms with Crippen molar-refractivity contribution in [3.05, 3.63) is 25.0 Å². The fraction of sp³-hybridized carbons (Fsp3) is 0.167. The van der Waals surface area contributed by atoms with E-state index in [1.807, 2.05) is 0 Å². The third-order valence-corrected chi connectivity index (χ3v) is 0.348. The molecule has 0 spiro atoms. The Kier molecular flexibility index (Phi) is 18.9. The van der Waals surface area contributed by atoms with E-state index in [9.17, 15) is 9.90 Å². The molecule has 0 bridgehead atoms. The molecular weight excluding hydrogens is 143 g/mol. The Morgan fingerprint density at radius 3 is 1.80 bits per heavy atom. The molecule has 0 amide bonds. The van der Waals surface area contributed by atoms with Gasteiger partial charge < -0.3 is 15.0 Å². The van der Waals surface area contributed by atoms with Crippen LogP contribution in [0.4, 0.5) is 0 Å². The van der Waals surface area contributed by atoms with Crippen molar-refractivity contribution in [2.24, 2.45) is 0 Å². The van der Waals surface area contributed by atoms with Crippen LogP contribution >= 0.6 is 0 Å². The van der Waals surface area contributed by atoms with Gasteiger partial charge in [-0.3, -0.25) is 0 Å². The van der Waals surface area contributed by atoms with Crippen molar-refractivity contribution in [1.82, 2.24) is 0 Å². The summed E-state index contributed by atoms with van der Waals surface area (Å²) in [4.78, 5) is 9.49. The summed E-state index contributed by atoms with van der Waals surface area (Å²) in [6.45, 7) is 7.39. The minimum Gasteiger partial charge on any atom is -0.545 e. The maximum absolute atomic E-state index is 9.49. The summed E-state index contributed by atoms with van der Waals surface area (Å²) in [5.41, 5.74) is 0.0648. The fourth-order valence-electron chi connectivity index (χ4n) is 0. The van der Waals surface area contributed by atoms with Crippen molar-refractivity contribution in [2.75, 3.05) is 0 Å². The van der Waals surface area contributed by atoms with Crippen LogP contribution in [0, 0.1) is 0 Å². The van der Waals surface area contributed by atoms with Gasteiger partial charge in [0.25, 0.3) is 0 Å². The van der Waals surface area contributed by atoms with Gasteiger partial charge in [0.15, 0.2) is 0 Å². The summed E-state index contributed by atoms with van der Waals surface area (Å²) in [5, 5.41) is 16.8. The second-order valence-electron chi connectivity index (χ2n) is 1.25. The predicted octanol–water partition coefficient (Wildman–Crippen LogP) is -3.00. The maximum Gasteiger partial charge on any atom is 1.00 e. The third kappa shape index (κ3) is 25.1. The molecule has 1 N–H and O–H groups in total. The largest absolute Gasteiger partial charge is 1.00 e. The van der Waals surface area contributed by atoms with Crippen LogP contribution in [0.15, 0.2) is 25.0 Å². The monoisotopic (exact) mass is 152 g/mol. The van der Waals surface area contributed by atoms with E-state index < -0.39 is 5.97 Å². The first-order valence-corrected chi connectivity index (χ1v) is 2.18. The van der Waals surface area contributed by atoms with Crippen LogP contribution in [0.2, 0.25) is 0 Å². The Hall–Kier alpha value is -0.250. The molecule has 0 aromatic heterocycles. The Labute approximate surface area is 82.4 Å². The Balaban J connectivity index is -0.000000107. The SMILES string of the molecule is C=C(C)C(=O)[O-].C=CO.[Na+]. The number of aliphatic carboxylic acids is 1. The zero-order valence-electron chi connectivity index (χ0n) is 6.26. The molecule has 0 aliphatic carbocycles. The zero-order valence-corrected chi connectivity index (χ0v) is 8.26. The van der Waals surface area contributed by atoms with E-state index in [1.54, 1.807) is 0 Å². The second-order valence-corrected chi connectivity index (χ2v) is 1.25. The van der Waals surface area contributed by atoms with Gasteiger partial charge in [0.05, 0.1) is 12.2 Å². The molecule has 0 rings (SSSR count). The van der Waals surface area contributed by atoms with E-state index in [4.69, 9.17) is 5.11 Å². The smallest absolute Gasteiger partial charge is 0.545 e. The van der Waals surface area contributed by atoms with E-state index >= 15 is 0 Å². The third-order valence-electron chi connectivity index (χ3n) is 0.348. The summed E-state index contributed by atoms with van der Waals surface area (Å²) in [6, 6.07) is 0. The number of carboxylic acids is 1. The first kappa shape index (κ1) is 16.4. The number of carbonyl (C=O) groups is 1. The Bertz CT molecular complexity index is 108. The van der Waals surface area contributed by atoms with Crippen LogP contribution < -0.4 is 34.7 Å². The molecule has 0 aliphatic heterocycles. The van der Waals surface area contributed by atoms with Gasteiger partial charge in [0, 0.05) is 0 Å². The number of carbonyl (C=O) groups excluding carboxylic acids is 1. The number of carboxylic acid groups (broad SMARTS) is 1. The zero-order chi connectivity index (χ0) is 7.86. The van der Waals surface area contributed by atoms with Crippen molar-refractivity contribution in [2.45, 2.75) is 6.92 Å². The molecule has 10 heavy (non-hydrogen) atoms. The van der Waals surface area contributed by atoms with Gasteiger partial charge in [-0.15, -0.1) is 0 Å². The van der Waals surface area contributed by atoms with E-state index in [-0.39, 0.29) is 35.1 Å². The molecule has 0 radical (unpaired) electrons. The van der Waals surface area contributed by atoms with Crippen molar-refractivity contribution >= 4 is 5.97 Å². The quantitative estimate of drug-likeness (QED) is 0.247. The second kappa shape index (κ2) is 11.5. The summed E-state index contributed by atoms with van der Waals surface area (Å²) in [6.07, 6.45) is 0.750. The van der Waals surface area contributed by atoms with Gasteiger partial charge in [-0.25, -0.2) is 0 Å². The van der Waals surface area contributed by atoms with E-state index in [1.165, 1.54) is 6.92 Å². The topological polar surface area (TPSA) is 60.4 Å². The molecular formula is C6H9NaO3. The van der Waals surface area contributed by atoms with Crippen molar-refractivity contribution in [3.8, 4) is 0 Å². The van der Waals surface area contributed by atoms with Crippen LogP contribution in [0.1, 0.15) is 6.92 Å². The van der Waals surface area contributed by atoms with Crippen LogP contribution in [-0.2, 0) is 4.79 Å². The first-order valence-electron chi connectivity index (χ1n) is 2.18. The van der Waals surface area contributed by atoms with Crippen LogP contribution in [0.3, 0.4) is 0 Å². The molecule has 3 nitrogen and oxygen atoms in total. The van der Waals surface area contributed by atoms with Crippen LogP contribution in [-0.4, -0.2) is 11.1 Å². The molecule has 0 saturated heterocycles. The predicted molar refractivity (Wildman–Crippen MR) is 32.6 cm³/mol. The molecule has 52 valence electrons. The van der Waals surface area contributed by atoms with Crippen molar-refractivity contribution < 1.29 is 44.6 Å². The fourth-order valence-corrected chi connectivity index (χ4v) is 0. The molecule has 0 atom stereocenters. The van der Waals surface area contributed by atoms with Crippen LogP contribution in [0.5, 0.6) is 0 Å². The van der Waals surface area contributed by atoms with Gasteiger partial charge in [0.2, 0.25) is 0 Å².